The molecule has 1 aliphatic carbocycles. The Kier molecular flexibility index (Phi) is 3.95. The van der Waals surface area contributed by atoms with Crippen LogP contribution in [-0.2, 0) is 6.42 Å². The highest BCUT2D eigenvalue weighted by Gasteiger charge is 2.48. The van der Waals surface area contributed by atoms with Crippen molar-refractivity contribution in [2.75, 3.05) is 11.4 Å². The first kappa shape index (κ1) is 16.5. The van der Waals surface area contributed by atoms with Gasteiger partial charge in [-0.3, -0.25) is 0 Å². The maximum absolute atomic E-state index is 6.77. The molecule has 0 radical (unpaired) electrons. The highest BCUT2D eigenvalue weighted by molar-refractivity contribution is 6.36. The van der Waals surface area contributed by atoms with Crippen molar-refractivity contribution in [2.45, 2.75) is 44.2 Å². The van der Waals surface area contributed by atoms with Crippen LogP contribution in [0.25, 0.3) is 6.08 Å². The van der Waals surface area contributed by atoms with Crippen LogP contribution >= 0.6 is 23.2 Å². The summed E-state index contributed by atoms with van der Waals surface area (Å²) in [6.07, 6.45) is 8.97. The van der Waals surface area contributed by atoms with Crippen LogP contribution in [0.3, 0.4) is 0 Å². The molecule has 0 N–H and O–H groups in total. The van der Waals surface area contributed by atoms with Gasteiger partial charge < -0.3 is 9.64 Å². The summed E-state index contributed by atoms with van der Waals surface area (Å²) in [7, 11) is 0. The number of hydrogen-bond acceptors (Lipinski definition) is 2. The number of rotatable bonds is 1. The summed E-state index contributed by atoms with van der Waals surface area (Å²) in [5, 5.41) is 1.25. The Balaban J connectivity index is 1.68. The van der Waals surface area contributed by atoms with E-state index >= 15 is 0 Å². The first-order valence-electron chi connectivity index (χ1n) is 9.42. The van der Waals surface area contributed by atoms with Gasteiger partial charge in [0.1, 0.15) is 5.75 Å². The molecule has 0 amide bonds. The number of benzene rings is 2. The Bertz CT molecular complexity index is 907. The summed E-state index contributed by atoms with van der Waals surface area (Å²) in [6, 6.07) is 12.5. The van der Waals surface area contributed by atoms with Gasteiger partial charge in [-0.25, -0.2) is 0 Å². The summed E-state index contributed by atoms with van der Waals surface area (Å²) >= 11 is 12.8. The molecule has 5 rings (SSSR count). The molecule has 2 aromatic carbocycles. The molecule has 0 bridgehead atoms. The number of ether oxygens (including phenoxy) is 1. The zero-order valence-electron chi connectivity index (χ0n) is 14.6. The van der Waals surface area contributed by atoms with Gasteiger partial charge in [0, 0.05) is 29.2 Å². The molecule has 1 fully saturated rings. The summed E-state index contributed by atoms with van der Waals surface area (Å²) in [5.41, 5.74) is 4.65. The summed E-state index contributed by atoms with van der Waals surface area (Å²) < 4.78 is 6.77. The number of hydrogen-bond donors (Lipinski definition) is 0. The minimum absolute atomic E-state index is 0.417. The van der Waals surface area contributed by atoms with Crippen molar-refractivity contribution in [2.24, 2.45) is 0 Å². The fourth-order valence-corrected chi connectivity index (χ4v) is 5.31. The van der Waals surface area contributed by atoms with Crippen molar-refractivity contribution in [3.63, 3.8) is 0 Å². The first-order valence-corrected chi connectivity index (χ1v) is 10.2. The van der Waals surface area contributed by atoms with Crippen LogP contribution in [0, 0.1) is 0 Å². The van der Waals surface area contributed by atoms with Crippen LogP contribution in [0.1, 0.15) is 43.2 Å². The van der Waals surface area contributed by atoms with Gasteiger partial charge in [-0.1, -0.05) is 41.4 Å². The van der Waals surface area contributed by atoms with Crippen LogP contribution in [0.15, 0.2) is 42.0 Å². The Labute approximate surface area is 164 Å². The molecule has 3 aliphatic rings. The topological polar surface area (TPSA) is 12.5 Å². The first-order chi connectivity index (χ1) is 12.7. The lowest BCUT2D eigenvalue weighted by Gasteiger charge is -2.52. The molecular formula is C22H21Cl2NO. The van der Waals surface area contributed by atoms with Crippen LogP contribution in [-0.4, -0.2) is 12.3 Å². The quantitative estimate of drug-likeness (QED) is 0.555. The molecule has 0 aromatic heterocycles. The Morgan fingerprint density at radius 3 is 2.81 bits per heavy atom. The van der Waals surface area contributed by atoms with Crippen LogP contribution in [0.4, 0.5) is 5.69 Å². The van der Waals surface area contributed by atoms with Gasteiger partial charge in [-0.2, -0.15) is 0 Å². The summed E-state index contributed by atoms with van der Waals surface area (Å²) in [5.74, 6) is 0.768. The van der Waals surface area contributed by atoms with Crippen LogP contribution in [0.5, 0.6) is 5.75 Å². The third-order valence-corrected chi connectivity index (χ3v) is 6.40. The second-order valence-corrected chi connectivity index (χ2v) is 8.30. The minimum atomic E-state index is -0.417. The second-order valence-electron chi connectivity index (χ2n) is 7.45. The van der Waals surface area contributed by atoms with Gasteiger partial charge >= 0.3 is 0 Å². The minimum Gasteiger partial charge on any atom is -0.462 e. The van der Waals surface area contributed by atoms with E-state index < -0.39 is 5.72 Å². The number of nitrogens with zero attached hydrogens (tertiary/aromatic N) is 1. The van der Waals surface area contributed by atoms with Gasteiger partial charge in [0.2, 0.25) is 5.72 Å². The highest BCUT2D eigenvalue weighted by Crippen LogP contribution is 2.50. The standard InChI is InChI=1S/C22H21Cl2NO/c23-18-13-16-12-17-8-3-4-10-22(17,26-21(16)19(24)14-18)25-11-5-7-15-6-1-2-9-20(15)25/h1-2,6,9,12-14H,3-5,7-8,10-11H2. The van der Waals surface area contributed by atoms with Crippen molar-refractivity contribution in [1.29, 1.82) is 0 Å². The Hall–Kier alpha value is -1.64. The number of halogens is 2. The van der Waals surface area contributed by atoms with Gasteiger partial charge in [0.15, 0.2) is 0 Å². The van der Waals surface area contributed by atoms with E-state index in [0.717, 1.165) is 50.0 Å². The highest BCUT2D eigenvalue weighted by atomic mass is 35.5. The van der Waals surface area contributed by atoms with Gasteiger partial charge in [0.25, 0.3) is 0 Å². The molecule has 134 valence electrons. The predicted octanol–water partition coefficient (Wildman–Crippen LogP) is 6.49. The molecule has 2 heterocycles. The SMILES string of the molecule is Clc1cc(Cl)c2c(c1)C=C1CCCCC1(N1CCCc3ccccc31)O2. The van der Waals surface area contributed by atoms with Gasteiger partial charge in [-0.05, 0) is 67.5 Å². The average molecular weight is 386 g/mol. The predicted molar refractivity (Wildman–Crippen MR) is 108 cm³/mol. The average Bonchev–Trinajstić information content (AvgIpc) is 2.66. The fraction of sp³-hybridized carbons (Fsp3) is 0.364. The third-order valence-electron chi connectivity index (χ3n) is 5.90. The van der Waals surface area contributed by atoms with Gasteiger partial charge in [0.05, 0.1) is 5.02 Å². The molecule has 2 aromatic rings. The van der Waals surface area contributed by atoms with E-state index in [0.29, 0.717) is 10.0 Å². The van der Waals surface area contributed by atoms with E-state index in [9.17, 15) is 0 Å². The van der Waals surface area contributed by atoms with Gasteiger partial charge in [-0.15, -0.1) is 0 Å². The lowest BCUT2D eigenvalue weighted by Crippen LogP contribution is -2.58. The molecule has 1 unspecified atom stereocenters. The van der Waals surface area contributed by atoms with E-state index in [1.165, 1.54) is 23.2 Å². The number of para-hydroxylation sites is 1. The molecule has 2 aliphatic heterocycles. The number of fused-ring (bicyclic) bond motifs is 3. The molecule has 2 nitrogen and oxygen atoms in total. The van der Waals surface area contributed by atoms with E-state index in [-0.39, 0.29) is 0 Å². The zero-order valence-corrected chi connectivity index (χ0v) is 16.1. The molecule has 1 atom stereocenters. The normalized spacial score (nSPS) is 24.1. The molecule has 0 saturated heterocycles. The molecular weight excluding hydrogens is 365 g/mol. The van der Waals surface area contributed by atoms with Crippen molar-refractivity contribution >= 4 is 35.0 Å². The fourth-order valence-electron chi connectivity index (χ4n) is 4.76. The smallest absolute Gasteiger partial charge is 0.205 e. The van der Waals surface area contributed by atoms with Crippen LogP contribution in [0.2, 0.25) is 10.0 Å². The second kappa shape index (κ2) is 6.21. The van der Waals surface area contributed by atoms with Crippen molar-refractivity contribution in [1.82, 2.24) is 0 Å². The van der Waals surface area contributed by atoms with E-state index in [1.807, 2.05) is 6.07 Å². The molecule has 0 spiro atoms. The monoisotopic (exact) mass is 385 g/mol. The number of aryl methyl sites for hydroxylation is 1. The molecule has 1 saturated carbocycles. The van der Waals surface area contributed by atoms with Crippen molar-refractivity contribution in [3.8, 4) is 5.75 Å². The lowest BCUT2D eigenvalue weighted by atomic mass is 9.80. The largest absolute Gasteiger partial charge is 0.462 e. The van der Waals surface area contributed by atoms with Crippen molar-refractivity contribution in [3.05, 3.63) is 63.1 Å². The summed E-state index contributed by atoms with van der Waals surface area (Å²) in [4.78, 5) is 2.49. The molecule has 4 heteroatoms. The maximum Gasteiger partial charge on any atom is 0.205 e. The number of anilines is 1. The Morgan fingerprint density at radius 2 is 1.88 bits per heavy atom. The van der Waals surface area contributed by atoms with E-state index in [1.54, 1.807) is 6.07 Å². The van der Waals surface area contributed by atoms with Crippen LogP contribution < -0.4 is 9.64 Å². The maximum atomic E-state index is 6.77. The zero-order chi connectivity index (χ0) is 17.7. The molecule has 26 heavy (non-hydrogen) atoms. The van der Waals surface area contributed by atoms with E-state index in [4.69, 9.17) is 27.9 Å². The van der Waals surface area contributed by atoms with Crippen molar-refractivity contribution < 1.29 is 4.74 Å². The lowest BCUT2D eigenvalue weighted by molar-refractivity contribution is 0.0700. The summed E-state index contributed by atoms with van der Waals surface area (Å²) in [6.45, 7) is 1.01. The Morgan fingerprint density at radius 1 is 1.00 bits per heavy atom. The third kappa shape index (κ3) is 2.46. The van der Waals surface area contributed by atoms with E-state index in [2.05, 4.69) is 35.2 Å².